The van der Waals surface area contributed by atoms with Crippen LogP contribution in [-0.2, 0) is 11.2 Å². The molecule has 3 rings (SSSR count). The Morgan fingerprint density at radius 2 is 2.10 bits per heavy atom. The maximum atomic E-state index is 12.8. The highest BCUT2D eigenvalue weighted by Crippen LogP contribution is 2.28. The highest BCUT2D eigenvalue weighted by Gasteiger charge is 2.19. The van der Waals surface area contributed by atoms with E-state index in [1.54, 1.807) is 18.5 Å². The predicted molar refractivity (Wildman–Crippen MR) is 116 cm³/mol. The van der Waals surface area contributed by atoms with Crippen molar-refractivity contribution in [3.8, 4) is 11.5 Å². The van der Waals surface area contributed by atoms with E-state index in [9.17, 15) is 9.90 Å². The lowest BCUT2D eigenvalue weighted by molar-refractivity contribution is -0.119. The summed E-state index contributed by atoms with van der Waals surface area (Å²) >= 11 is 0. The first-order valence-electron chi connectivity index (χ1n) is 10.3. The Hall–Kier alpha value is -3.16. The number of nitrogen functional groups attached to an aromatic ring is 1. The number of fused-ring (bicyclic) bond motifs is 1. The van der Waals surface area contributed by atoms with Crippen molar-refractivity contribution < 1.29 is 14.6 Å². The molecule has 0 saturated carbocycles. The van der Waals surface area contributed by atoms with Crippen molar-refractivity contribution in [3.05, 3.63) is 36.4 Å². The van der Waals surface area contributed by atoms with E-state index in [0.29, 0.717) is 42.0 Å². The van der Waals surface area contributed by atoms with Gasteiger partial charge in [-0.25, -0.2) is 15.0 Å². The number of ketones is 1. The molecule has 160 valence electrons. The molecule has 3 aromatic rings. The third kappa shape index (κ3) is 5.06. The first-order chi connectivity index (χ1) is 14.5. The van der Waals surface area contributed by atoms with E-state index >= 15 is 0 Å². The standard InChI is InChI=1S/C22H29N5O3/c1-3-4-5-6-16(27-14-26-20-21(23)24-13-25-22(20)27)12-17(28)9-7-15-8-10-18(29)19(11-15)30-2/h8,10-11,13-14,16,29H,3-7,9,12H2,1-2H3,(H2,23,24,25)/t16-/m0/s1. The fourth-order valence-corrected chi connectivity index (χ4v) is 3.63. The van der Waals surface area contributed by atoms with Crippen LogP contribution in [0.4, 0.5) is 5.82 Å². The molecule has 0 fully saturated rings. The van der Waals surface area contributed by atoms with Gasteiger partial charge in [-0.15, -0.1) is 0 Å². The zero-order valence-corrected chi connectivity index (χ0v) is 17.5. The Labute approximate surface area is 176 Å². The van der Waals surface area contributed by atoms with Crippen LogP contribution in [0, 0.1) is 0 Å². The number of nitrogens with two attached hydrogens (primary N) is 1. The van der Waals surface area contributed by atoms with Crippen LogP contribution in [-0.4, -0.2) is 37.5 Å². The van der Waals surface area contributed by atoms with Gasteiger partial charge in [0.25, 0.3) is 0 Å². The van der Waals surface area contributed by atoms with E-state index in [4.69, 9.17) is 10.5 Å². The smallest absolute Gasteiger partial charge is 0.165 e. The lowest BCUT2D eigenvalue weighted by Gasteiger charge is -2.18. The number of Topliss-reactive ketones (excluding diaryl/α,β-unsaturated/α-hetero) is 1. The molecule has 8 heteroatoms. The topological polar surface area (TPSA) is 116 Å². The number of aromatic nitrogens is 4. The molecular weight excluding hydrogens is 382 g/mol. The average Bonchev–Trinajstić information content (AvgIpc) is 3.18. The van der Waals surface area contributed by atoms with Crippen molar-refractivity contribution >= 4 is 22.8 Å². The van der Waals surface area contributed by atoms with E-state index in [-0.39, 0.29) is 17.6 Å². The number of anilines is 1. The Morgan fingerprint density at radius 3 is 2.87 bits per heavy atom. The molecule has 0 radical (unpaired) electrons. The van der Waals surface area contributed by atoms with Gasteiger partial charge < -0.3 is 20.1 Å². The molecule has 0 aliphatic rings. The second kappa shape index (κ2) is 10.0. The van der Waals surface area contributed by atoms with Gasteiger partial charge in [-0.1, -0.05) is 32.3 Å². The fourth-order valence-electron chi connectivity index (χ4n) is 3.63. The summed E-state index contributed by atoms with van der Waals surface area (Å²) in [7, 11) is 1.51. The monoisotopic (exact) mass is 411 g/mol. The minimum Gasteiger partial charge on any atom is -0.504 e. The van der Waals surface area contributed by atoms with Crippen molar-refractivity contribution in [2.75, 3.05) is 12.8 Å². The zero-order valence-electron chi connectivity index (χ0n) is 17.5. The normalized spacial score (nSPS) is 12.2. The summed E-state index contributed by atoms with van der Waals surface area (Å²) in [6.45, 7) is 2.16. The second-order valence-electron chi connectivity index (χ2n) is 7.48. The summed E-state index contributed by atoms with van der Waals surface area (Å²) in [6, 6.07) is 5.16. The number of methoxy groups -OCH3 is 1. The largest absolute Gasteiger partial charge is 0.504 e. The highest BCUT2D eigenvalue weighted by molar-refractivity contribution is 5.82. The summed E-state index contributed by atoms with van der Waals surface area (Å²) in [5, 5.41) is 9.73. The summed E-state index contributed by atoms with van der Waals surface area (Å²) in [4.78, 5) is 25.5. The van der Waals surface area contributed by atoms with Crippen molar-refractivity contribution in [2.45, 2.75) is 57.9 Å². The number of ether oxygens (including phenoxy) is 1. The van der Waals surface area contributed by atoms with Crippen LogP contribution >= 0.6 is 0 Å². The van der Waals surface area contributed by atoms with Gasteiger partial charge in [0, 0.05) is 18.9 Å². The molecule has 1 atom stereocenters. The maximum Gasteiger partial charge on any atom is 0.165 e. The average molecular weight is 412 g/mol. The molecule has 8 nitrogen and oxygen atoms in total. The van der Waals surface area contributed by atoms with Crippen LogP contribution in [0.2, 0.25) is 0 Å². The SMILES string of the molecule is CCCCC[C@@H](CC(=O)CCc1ccc(O)c(OC)c1)n1cnc2c(N)ncnc21. The molecule has 0 saturated heterocycles. The van der Waals surface area contributed by atoms with Gasteiger partial charge in [0.2, 0.25) is 0 Å². The van der Waals surface area contributed by atoms with Gasteiger partial charge in [0.05, 0.1) is 13.4 Å². The van der Waals surface area contributed by atoms with Gasteiger partial charge in [-0.05, 0) is 30.5 Å². The van der Waals surface area contributed by atoms with Crippen molar-refractivity contribution in [1.29, 1.82) is 0 Å². The summed E-state index contributed by atoms with van der Waals surface area (Å²) in [6.07, 6.45) is 8.70. The number of hydrogen-bond acceptors (Lipinski definition) is 7. The second-order valence-corrected chi connectivity index (χ2v) is 7.48. The van der Waals surface area contributed by atoms with Gasteiger partial charge >= 0.3 is 0 Å². The van der Waals surface area contributed by atoms with Crippen LogP contribution in [0.15, 0.2) is 30.9 Å². The van der Waals surface area contributed by atoms with E-state index in [1.807, 2.05) is 10.6 Å². The molecule has 2 heterocycles. The maximum absolute atomic E-state index is 12.8. The molecule has 1 aromatic carbocycles. The molecule has 0 aliphatic heterocycles. The van der Waals surface area contributed by atoms with E-state index in [0.717, 1.165) is 31.2 Å². The van der Waals surface area contributed by atoms with Gasteiger partial charge in [0.1, 0.15) is 17.6 Å². The number of phenolic OH excluding ortho intramolecular Hbond substituents is 1. The Balaban J connectivity index is 1.71. The van der Waals surface area contributed by atoms with Crippen LogP contribution in [0.1, 0.15) is 57.1 Å². The molecule has 3 N–H and O–H groups in total. The molecule has 2 aromatic heterocycles. The van der Waals surface area contributed by atoms with Gasteiger partial charge in [0.15, 0.2) is 23.0 Å². The number of aromatic hydroxyl groups is 1. The van der Waals surface area contributed by atoms with Crippen molar-refractivity contribution in [2.24, 2.45) is 0 Å². The number of unbranched alkanes of at least 4 members (excludes halogenated alkanes) is 2. The molecule has 0 bridgehead atoms. The highest BCUT2D eigenvalue weighted by atomic mass is 16.5. The van der Waals surface area contributed by atoms with Crippen LogP contribution in [0.5, 0.6) is 11.5 Å². The number of nitrogens with zero attached hydrogens (tertiary/aromatic N) is 4. The van der Waals surface area contributed by atoms with Gasteiger partial charge in [-0.3, -0.25) is 4.79 Å². The number of hydrogen-bond donors (Lipinski definition) is 2. The first kappa shape index (κ1) is 21.5. The van der Waals surface area contributed by atoms with E-state index in [2.05, 4.69) is 21.9 Å². The predicted octanol–water partition coefficient (Wildman–Crippen LogP) is 3.84. The number of imidazole rings is 1. The molecule has 0 amide bonds. The van der Waals surface area contributed by atoms with Crippen LogP contribution < -0.4 is 10.5 Å². The summed E-state index contributed by atoms with van der Waals surface area (Å²) < 4.78 is 7.11. The minimum atomic E-state index is -0.0160. The zero-order chi connectivity index (χ0) is 21.5. The van der Waals surface area contributed by atoms with Crippen LogP contribution in [0.3, 0.4) is 0 Å². The number of rotatable bonds is 11. The summed E-state index contributed by atoms with van der Waals surface area (Å²) in [5.41, 5.74) is 8.11. The van der Waals surface area contributed by atoms with Crippen LogP contribution in [0.25, 0.3) is 11.2 Å². The number of phenols is 1. The van der Waals surface area contributed by atoms with E-state index < -0.39 is 0 Å². The fraction of sp³-hybridized carbons (Fsp3) is 0.455. The molecular formula is C22H29N5O3. The van der Waals surface area contributed by atoms with Crippen molar-refractivity contribution in [1.82, 2.24) is 19.5 Å². The Kier molecular flexibility index (Phi) is 7.21. The lowest BCUT2D eigenvalue weighted by atomic mass is 9.99. The first-order valence-corrected chi connectivity index (χ1v) is 10.3. The minimum absolute atomic E-state index is 0.0160. The van der Waals surface area contributed by atoms with Gasteiger partial charge in [-0.2, -0.15) is 0 Å². The third-order valence-electron chi connectivity index (χ3n) is 5.32. The third-order valence-corrected chi connectivity index (χ3v) is 5.32. The summed E-state index contributed by atoms with van der Waals surface area (Å²) in [5.74, 6) is 1.03. The molecule has 30 heavy (non-hydrogen) atoms. The number of carbonyl (C=O) groups excluding carboxylic acids is 1. The number of aryl methyl sites for hydroxylation is 1. The molecule has 0 spiro atoms. The quantitative estimate of drug-likeness (QED) is 0.461. The molecule has 0 aliphatic carbocycles. The van der Waals surface area contributed by atoms with Crippen molar-refractivity contribution in [3.63, 3.8) is 0 Å². The number of carbonyl (C=O) groups is 1. The lowest BCUT2D eigenvalue weighted by Crippen LogP contribution is -2.15. The van der Waals surface area contributed by atoms with E-state index in [1.165, 1.54) is 13.4 Å². The Bertz CT molecular complexity index is 1000. The number of benzene rings is 1. The Morgan fingerprint density at radius 1 is 1.27 bits per heavy atom. The molecule has 0 unspecified atom stereocenters.